The van der Waals surface area contributed by atoms with E-state index in [1.165, 1.54) is 0 Å². The summed E-state index contributed by atoms with van der Waals surface area (Å²) in [5.74, 6) is 0. The molecule has 1 atom stereocenters. The molecule has 2 aromatic rings. The molecule has 1 N–H and O–H groups in total. The maximum absolute atomic E-state index is 6.33. The number of likely N-dealkylation sites (N-methyl/N-ethyl adjacent to an activating group) is 1. The molecule has 114 valence electrons. The van der Waals surface area contributed by atoms with Gasteiger partial charge in [-0.3, -0.25) is 14.6 Å². The molecule has 2 heterocycles. The fourth-order valence-electron chi connectivity index (χ4n) is 2.11. The van der Waals surface area contributed by atoms with Gasteiger partial charge in [-0.05, 0) is 28.1 Å². The smallest absolute Gasteiger partial charge is 0.0950 e. The minimum absolute atomic E-state index is 0.129. The highest BCUT2D eigenvalue weighted by Gasteiger charge is 2.22. The van der Waals surface area contributed by atoms with E-state index in [9.17, 15) is 0 Å². The third kappa shape index (κ3) is 3.78. The lowest BCUT2D eigenvalue weighted by molar-refractivity contribution is 0.366. The van der Waals surface area contributed by atoms with Gasteiger partial charge in [0.1, 0.15) is 0 Å². The minimum atomic E-state index is -0.129. The Kier molecular flexibility index (Phi) is 5.27. The van der Waals surface area contributed by atoms with Crippen molar-refractivity contribution in [3.8, 4) is 0 Å². The van der Waals surface area contributed by atoms with Crippen molar-refractivity contribution in [2.75, 3.05) is 27.7 Å². The Labute approximate surface area is 130 Å². The Morgan fingerprint density at radius 1 is 1.29 bits per heavy atom. The highest BCUT2D eigenvalue weighted by Crippen LogP contribution is 2.26. The van der Waals surface area contributed by atoms with Crippen LogP contribution in [0.1, 0.15) is 23.1 Å². The van der Waals surface area contributed by atoms with Gasteiger partial charge in [0.15, 0.2) is 0 Å². The molecule has 0 bridgehead atoms. The summed E-state index contributed by atoms with van der Waals surface area (Å²) in [6.45, 7) is 3.58. The van der Waals surface area contributed by atoms with Crippen molar-refractivity contribution < 1.29 is 0 Å². The van der Waals surface area contributed by atoms with Crippen LogP contribution >= 0.6 is 11.6 Å². The van der Waals surface area contributed by atoms with Crippen LogP contribution in [0.5, 0.6) is 0 Å². The fourth-order valence-corrected chi connectivity index (χ4v) is 2.36. The van der Waals surface area contributed by atoms with Crippen LogP contribution in [0.25, 0.3) is 0 Å². The van der Waals surface area contributed by atoms with Gasteiger partial charge in [0.2, 0.25) is 0 Å². The van der Waals surface area contributed by atoms with E-state index in [1.807, 2.05) is 32.7 Å². The molecule has 6 nitrogen and oxygen atoms in total. The second kappa shape index (κ2) is 6.98. The molecule has 0 aliphatic heterocycles. The molecule has 1 unspecified atom stereocenters. The maximum atomic E-state index is 6.33. The Morgan fingerprint density at radius 2 is 2.05 bits per heavy atom. The lowest BCUT2D eigenvalue weighted by atomic mass is 10.1. The second-order valence-electron chi connectivity index (χ2n) is 5.21. The molecule has 0 aliphatic rings. The van der Waals surface area contributed by atoms with Crippen LogP contribution in [0.3, 0.4) is 0 Å². The average molecular weight is 309 g/mol. The standard InChI is InChI=1S/C14H21ClN6/c1-10-7-18-12(9-17-10)13(16-2)14-11(15)8-19-21(14)6-5-20(3)4/h7-9,13,16H,5-6H2,1-4H3. The zero-order chi connectivity index (χ0) is 15.4. The zero-order valence-corrected chi connectivity index (χ0v) is 13.6. The van der Waals surface area contributed by atoms with Gasteiger partial charge < -0.3 is 10.2 Å². The van der Waals surface area contributed by atoms with Gasteiger partial charge in [0, 0.05) is 12.7 Å². The minimum Gasteiger partial charge on any atom is -0.308 e. The first-order valence-corrected chi connectivity index (χ1v) is 7.22. The first kappa shape index (κ1) is 15.9. The monoisotopic (exact) mass is 308 g/mol. The van der Waals surface area contributed by atoms with Gasteiger partial charge in [-0.2, -0.15) is 5.10 Å². The normalized spacial score (nSPS) is 12.9. The SMILES string of the molecule is CNC(c1cnc(C)cn1)c1c(Cl)cnn1CCN(C)C. The predicted molar refractivity (Wildman–Crippen MR) is 83.5 cm³/mol. The lowest BCUT2D eigenvalue weighted by Gasteiger charge is -2.19. The van der Waals surface area contributed by atoms with E-state index in [4.69, 9.17) is 11.6 Å². The van der Waals surface area contributed by atoms with Crippen molar-refractivity contribution in [1.29, 1.82) is 0 Å². The first-order valence-electron chi connectivity index (χ1n) is 6.84. The van der Waals surface area contributed by atoms with E-state index < -0.39 is 0 Å². The summed E-state index contributed by atoms with van der Waals surface area (Å²) in [5, 5.41) is 8.25. The highest BCUT2D eigenvalue weighted by molar-refractivity contribution is 6.31. The molecule has 2 rings (SSSR count). The summed E-state index contributed by atoms with van der Waals surface area (Å²) >= 11 is 6.33. The molecule has 0 saturated heterocycles. The van der Waals surface area contributed by atoms with Crippen LogP contribution in [-0.2, 0) is 6.54 Å². The van der Waals surface area contributed by atoms with Gasteiger partial charge in [0.05, 0.1) is 47.1 Å². The van der Waals surface area contributed by atoms with Gasteiger partial charge in [-0.1, -0.05) is 11.6 Å². The molecule has 0 radical (unpaired) electrons. The van der Waals surface area contributed by atoms with Gasteiger partial charge in [-0.15, -0.1) is 0 Å². The summed E-state index contributed by atoms with van der Waals surface area (Å²) in [6.07, 6.45) is 5.21. The van der Waals surface area contributed by atoms with Crippen molar-refractivity contribution in [2.24, 2.45) is 0 Å². The van der Waals surface area contributed by atoms with Crippen LogP contribution in [0.4, 0.5) is 0 Å². The summed E-state index contributed by atoms with van der Waals surface area (Å²) in [7, 11) is 5.95. The van der Waals surface area contributed by atoms with Gasteiger partial charge >= 0.3 is 0 Å². The summed E-state index contributed by atoms with van der Waals surface area (Å²) in [5.41, 5.74) is 2.64. The highest BCUT2D eigenvalue weighted by atomic mass is 35.5. The van der Waals surface area contributed by atoms with Crippen molar-refractivity contribution in [1.82, 2.24) is 30.0 Å². The van der Waals surface area contributed by atoms with Crippen molar-refractivity contribution >= 4 is 11.6 Å². The largest absolute Gasteiger partial charge is 0.308 e. The second-order valence-corrected chi connectivity index (χ2v) is 5.62. The van der Waals surface area contributed by atoms with Gasteiger partial charge in [0.25, 0.3) is 0 Å². The van der Waals surface area contributed by atoms with Crippen molar-refractivity contribution in [3.05, 3.63) is 40.7 Å². The molecule has 0 aromatic carbocycles. The third-order valence-corrected chi connectivity index (χ3v) is 3.54. The quantitative estimate of drug-likeness (QED) is 0.876. The number of hydrogen-bond acceptors (Lipinski definition) is 5. The number of aryl methyl sites for hydroxylation is 1. The predicted octanol–water partition coefficient (Wildman–Crippen LogP) is 1.51. The van der Waals surface area contributed by atoms with E-state index in [1.54, 1.807) is 18.6 Å². The molecule has 7 heteroatoms. The Morgan fingerprint density at radius 3 is 2.62 bits per heavy atom. The Balaban J connectivity index is 2.33. The number of aromatic nitrogens is 4. The van der Waals surface area contributed by atoms with Crippen LogP contribution in [-0.4, -0.2) is 52.3 Å². The molecule has 2 aromatic heterocycles. The molecule has 0 aliphatic carbocycles. The van der Waals surface area contributed by atoms with Crippen LogP contribution in [0.2, 0.25) is 5.02 Å². The number of hydrogen-bond donors (Lipinski definition) is 1. The maximum Gasteiger partial charge on any atom is 0.0950 e. The van der Waals surface area contributed by atoms with Crippen LogP contribution < -0.4 is 5.32 Å². The molecule has 0 spiro atoms. The molecular formula is C14H21ClN6. The number of halogens is 1. The van der Waals surface area contributed by atoms with Crippen molar-refractivity contribution in [3.63, 3.8) is 0 Å². The number of nitrogens with one attached hydrogen (secondary N) is 1. The van der Waals surface area contributed by atoms with Crippen LogP contribution in [0, 0.1) is 6.92 Å². The first-order chi connectivity index (χ1) is 10.0. The average Bonchev–Trinajstić information content (AvgIpc) is 2.81. The number of rotatable bonds is 6. The van der Waals surface area contributed by atoms with Crippen molar-refractivity contribution in [2.45, 2.75) is 19.5 Å². The van der Waals surface area contributed by atoms with E-state index in [0.717, 1.165) is 30.2 Å². The van der Waals surface area contributed by atoms with Crippen LogP contribution in [0.15, 0.2) is 18.6 Å². The summed E-state index contributed by atoms with van der Waals surface area (Å²) in [6, 6.07) is -0.129. The number of nitrogens with zero attached hydrogens (tertiary/aromatic N) is 5. The fraction of sp³-hybridized carbons (Fsp3) is 0.500. The molecular weight excluding hydrogens is 288 g/mol. The van der Waals surface area contributed by atoms with E-state index >= 15 is 0 Å². The summed E-state index contributed by atoms with van der Waals surface area (Å²) < 4.78 is 1.92. The molecule has 0 saturated carbocycles. The Bertz CT molecular complexity index is 578. The molecule has 0 amide bonds. The van der Waals surface area contributed by atoms with Gasteiger partial charge in [-0.25, -0.2) is 0 Å². The zero-order valence-electron chi connectivity index (χ0n) is 12.8. The molecule has 21 heavy (non-hydrogen) atoms. The van der Waals surface area contributed by atoms with E-state index in [-0.39, 0.29) is 6.04 Å². The summed E-state index contributed by atoms with van der Waals surface area (Å²) in [4.78, 5) is 10.9. The Hall–Kier alpha value is -1.50. The lowest BCUT2D eigenvalue weighted by Crippen LogP contribution is -2.26. The topological polar surface area (TPSA) is 58.9 Å². The van der Waals surface area contributed by atoms with E-state index in [2.05, 4.69) is 25.3 Å². The van der Waals surface area contributed by atoms with E-state index in [0.29, 0.717) is 5.02 Å². The molecule has 0 fully saturated rings. The third-order valence-electron chi connectivity index (χ3n) is 3.25.